The van der Waals surface area contributed by atoms with Gasteiger partial charge in [-0.1, -0.05) is 19.0 Å². The van der Waals surface area contributed by atoms with Gasteiger partial charge in [-0.05, 0) is 19.8 Å². The number of aryl methyl sites for hydroxylation is 1. The van der Waals surface area contributed by atoms with Crippen LogP contribution in [0.4, 0.5) is 0 Å². The van der Waals surface area contributed by atoms with Gasteiger partial charge in [-0.15, -0.1) is 0 Å². The first kappa shape index (κ1) is 9.96. The Bertz CT molecular complexity index is 302. The summed E-state index contributed by atoms with van der Waals surface area (Å²) in [6.45, 7) is 7.45. The van der Waals surface area contributed by atoms with E-state index in [1.54, 1.807) is 6.92 Å². The maximum absolute atomic E-state index is 11.3. The van der Waals surface area contributed by atoms with Gasteiger partial charge in [0.05, 0.1) is 11.6 Å². The zero-order chi connectivity index (χ0) is 10.0. The van der Waals surface area contributed by atoms with Gasteiger partial charge < -0.3 is 4.52 Å². The highest BCUT2D eigenvalue weighted by molar-refractivity contribution is 5.82. The number of ketones is 1. The van der Waals surface area contributed by atoms with Crippen molar-refractivity contribution in [2.75, 3.05) is 0 Å². The second-order valence-electron chi connectivity index (χ2n) is 3.70. The highest BCUT2D eigenvalue weighted by atomic mass is 16.5. The van der Waals surface area contributed by atoms with Crippen LogP contribution in [0.25, 0.3) is 0 Å². The molecule has 1 aromatic rings. The topological polar surface area (TPSA) is 43.1 Å². The first-order chi connectivity index (χ1) is 6.02. The van der Waals surface area contributed by atoms with Crippen LogP contribution in [-0.2, 0) is 4.79 Å². The average molecular weight is 181 g/mol. The molecule has 0 radical (unpaired) electrons. The third-order valence-corrected chi connectivity index (χ3v) is 2.06. The Morgan fingerprint density at radius 2 is 2.15 bits per heavy atom. The number of Topliss-reactive ketones (excluding diaryl/α,β-unsaturated/α-hetero) is 1. The SMILES string of the molecule is CC(=O)C(c1cc(C)no1)C(C)C. The lowest BCUT2D eigenvalue weighted by Crippen LogP contribution is -2.14. The molecule has 0 aliphatic heterocycles. The van der Waals surface area contributed by atoms with E-state index in [1.807, 2.05) is 26.8 Å². The average Bonchev–Trinajstić information content (AvgIpc) is 2.34. The van der Waals surface area contributed by atoms with E-state index in [-0.39, 0.29) is 17.6 Å². The fourth-order valence-electron chi connectivity index (χ4n) is 1.53. The number of aromatic nitrogens is 1. The van der Waals surface area contributed by atoms with Crippen molar-refractivity contribution in [3.63, 3.8) is 0 Å². The Balaban J connectivity index is 2.95. The molecule has 1 aromatic heterocycles. The Kier molecular flexibility index (Phi) is 2.86. The van der Waals surface area contributed by atoms with Crippen LogP contribution in [0.2, 0.25) is 0 Å². The van der Waals surface area contributed by atoms with Crippen LogP contribution in [0.15, 0.2) is 10.6 Å². The van der Waals surface area contributed by atoms with Gasteiger partial charge in [-0.25, -0.2) is 0 Å². The van der Waals surface area contributed by atoms with Crippen molar-refractivity contribution in [2.24, 2.45) is 5.92 Å². The Morgan fingerprint density at radius 1 is 1.54 bits per heavy atom. The van der Waals surface area contributed by atoms with E-state index in [4.69, 9.17) is 4.52 Å². The van der Waals surface area contributed by atoms with Gasteiger partial charge in [0.2, 0.25) is 0 Å². The molecule has 0 amide bonds. The van der Waals surface area contributed by atoms with Crippen LogP contribution < -0.4 is 0 Å². The van der Waals surface area contributed by atoms with Crippen molar-refractivity contribution < 1.29 is 9.32 Å². The van der Waals surface area contributed by atoms with Gasteiger partial charge in [0, 0.05) is 6.07 Å². The fraction of sp³-hybridized carbons (Fsp3) is 0.600. The molecule has 0 bridgehead atoms. The predicted octanol–water partition coefficient (Wildman–Crippen LogP) is 2.31. The minimum absolute atomic E-state index is 0.131. The van der Waals surface area contributed by atoms with E-state index in [9.17, 15) is 4.79 Å². The lowest BCUT2D eigenvalue weighted by atomic mass is 9.90. The molecular weight excluding hydrogens is 166 g/mol. The van der Waals surface area contributed by atoms with E-state index in [0.29, 0.717) is 5.76 Å². The zero-order valence-corrected chi connectivity index (χ0v) is 8.50. The third kappa shape index (κ3) is 2.17. The molecule has 0 N–H and O–H groups in total. The van der Waals surface area contributed by atoms with Gasteiger partial charge in [0.15, 0.2) is 0 Å². The van der Waals surface area contributed by atoms with Crippen molar-refractivity contribution in [1.29, 1.82) is 0 Å². The van der Waals surface area contributed by atoms with Gasteiger partial charge in [0.1, 0.15) is 11.5 Å². The second-order valence-corrected chi connectivity index (χ2v) is 3.70. The number of nitrogens with zero attached hydrogens (tertiary/aromatic N) is 1. The Hall–Kier alpha value is -1.12. The van der Waals surface area contributed by atoms with Gasteiger partial charge >= 0.3 is 0 Å². The number of hydrogen-bond donors (Lipinski definition) is 0. The Morgan fingerprint density at radius 3 is 2.46 bits per heavy atom. The minimum Gasteiger partial charge on any atom is -0.360 e. The molecule has 13 heavy (non-hydrogen) atoms. The van der Waals surface area contributed by atoms with E-state index in [0.717, 1.165) is 5.69 Å². The Labute approximate surface area is 78.1 Å². The summed E-state index contributed by atoms with van der Waals surface area (Å²) in [6, 6.07) is 1.83. The third-order valence-electron chi connectivity index (χ3n) is 2.06. The summed E-state index contributed by atoms with van der Waals surface area (Å²) in [5, 5.41) is 3.78. The quantitative estimate of drug-likeness (QED) is 0.718. The molecule has 1 unspecified atom stereocenters. The molecule has 1 atom stereocenters. The number of carbonyl (C=O) groups excluding carboxylic acids is 1. The van der Waals surface area contributed by atoms with Crippen LogP contribution in [-0.4, -0.2) is 10.9 Å². The number of hydrogen-bond acceptors (Lipinski definition) is 3. The van der Waals surface area contributed by atoms with E-state index < -0.39 is 0 Å². The van der Waals surface area contributed by atoms with Crippen LogP contribution in [0.5, 0.6) is 0 Å². The van der Waals surface area contributed by atoms with Crippen molar-refractivity contribution in [1.82, 2.24) is 5.16 Å². The predicted molar refractivity (Wildman–Crippen MR) is 49.5 cm³/mol. The number of carbonyl (C=O) groups is 1. The van der Waals surface area contributed by atoms with E-state index in [2.05, 4.69) is 5.16 Å². The normalized spacial score (nSPS) is 13.3. The molecule has 3 heteroatoms. The molecule has 0 aliphatic carbocycles. The molecule has 0 aliphatic rings. The second kappa shape index (κ2) is 3.73. The molecule has 72 valence electrons. The standard InChI is InChI=1S/C10H15NO2/c1-6(2)10(8(4)12)9-5-7(3)11-13-9/h5-6,10H,1-4H3. The smallest absolute Gasteiger partial charge is 0.147 e. The molecule has 0 saturated heterocycles. The van der Waals surface area contributed by atoms with Crippen LogP contribution in [0.1, 0.15) is 38.1 Å². The fourth-order valence-corrected chi connectivity index (χ4v) is 1.53. The van der Waals surface area contributed by atoms with Crippen molar-refractivity contribution in [2.45, 2.75) is 33.6 Å². The van der Waals surface area contributed by atoms with Gasteiger partial charge in [-0.2, -0.15) is 0 Å². The highest BCUT2D eigenvalue weighted by Crippen LogP contribution is 2.25. The first-order valence-corrected chi connectivity index (χ1v) is 4.46. The highest BCUT2D eigenvalue weighted by Gasteiger charge is 2.24. The molecule has 1 heterocycles. The largest absolute Gasteiger partial charge is 0.360 e. The van der Waals surface area contributed by atoms with Crippen molar-refractivity contribution in [3.8, 4) is 0 Å². The summed E-state index contributed by atoms with van der Waals surface area (Å²) in [5.41, 5.74) is 0.821. The minimum atomic E-state index is -0.152. The summed E-state index contributed by atoms with van der Waals surface area (Å²) in [7, 11) is 0. The molecule has 0 spiro atoms. The van der Waals surface area contributed by atoms with Crippen LogP contribution in [0.3, 0.4) is 0 Å². The molecule has 1 rings (SSSR count). The van der Waals surface area contributed by atoms with Crippen molar-refractivity contribution >= 4 is 5.78 Å². The summed E-state index contributed by atoms with van der Waals surface area (Å²) in [4.78, 5) is 11.3. The lowest BCUT2D eigenvalue weighted by molar-refractivity contribution is -0.119. The van der Waals surface area contributed by atoms with E-state index >= 15 is 0 Å². The van der Waals surface area contributed by atoms with Crippen LogP contribution in [0, 0.1) is 12.8 Å². The first-order valence-electron chi connectivity index (χ1n) is 4.46. The monoisotopic (exact) mass is 181 g/mol. The molecular formula is C10H15NO2. The zero-order valence-electron chi connectivity index (χ0n) is 8.50. The van der Waals surface area contributed by atoms with Gasteiger partial charge in [-0.3, -0.25) is 4.79 Å². The van der Waals surface area contributed by atoms with E-state index in [1.165, 1.54) is 0 Å². The maximum atomic E-state index is 11.3. The summed E-state index contributed by atoms with van der Waals surface area (Å²) in [5.74, 6) is 0.914. The molecule has 0 aromatic carbocycles. The lowest BCUT2D eigenvalue weighted by Gasteiger charge is -2.13. The van der Waals surface area contributed by atoms with Gasteiger partial charge in [0.25, 0.3) is 0 Å². The summed E-state index contributed by atoms with van der Waals surface area (Å²) < 4.78 is 5.08. The summed E-state index contributed by atoms with van der Waals surface area (Å²) in [6.07, 6.45) is 0. The molecule has 0 fully saturated rings. The van der Waals surface area contributed by atoms with Crippen molar-refractivity contribution in [3.05, 3.63) is 17.5 Å². The molecule has 3 nitrogen and oxygen atoms in total. The number of rotatable bonds is 3. The maximum Gasteiger partial charge on any atom is 0.147 e. The van der Waals surface area contributed by atoms with Crippen LogP contribution >= 0.6 is 0 Å². The summed E-state index contributed by atoms with van der Waals surface area (Å²) >= 11 is 0. The molecule has 0 saturated carbocycles.